The molecule has 0 aliphatic carbocycles. The van der Waals surface area contributed by atoms with Gasteiger partial charge in [-0.2, -0.15) is 19.4 Å². The predicted molar refractivity (Wildman–Crippen MR) is 148 cm³/mol. The van der Waals surface area contributed by atoms with Crippen molar-refractivity contribution >= 4 is 27.0 Å². The fourth-order valence-corrected chi connectivity index (χ4v) is 5.96. The third-order valence-corrected chi connectivity index (χ3v) is 8.67. The molecule has 39 heavy (non-hydrogen) atoms. The van der Waals surface area contributed by atoms with Crippen LogP contribution in [0.4, 0.5) is 5.82 Å². The van der Waals surface area contributed by atoms with E-state index in [9.17, 15) is 8.42 Å². The summed E-state index contributed by atoms with van der Waals surface area (Å²) >= 11 is 0. The Labute approximate surface area is 227 Å². The third-order valence-electron chi connectivity index (χ3n) is 7.36. The van der Waals surface area contributed by atoms with E-state index in [0.717, 1.165) is 47.2 Å². The number of aryl methyl sites for hydroxylation is 2. The third kappa shape index (κ3) is 5.26. The van der Waals surface area contributed by atoms with Gasteiger partial charge in [0.1, 0.15) is 5.82 Å². The maximum absolute atomic E-state index is 11.9. The van der Waals surface area contributed by atoms with Crippen LogP contribution in [0, 0.1) is 6.92 Å². The van der Waals surface area contributed by atoms with Gasteiger partial charge in [0.25, 0.3) is 5.95 Å². The van der Waals surface area contributed by atoms with E-state index in [0.29, 0.717) is 51.9 Å². The van der Waals surface area contributed by atoms with Crippen LogP contribution in [0.5, 0.6) is 0 Å². The predicted octanol–water partition coefficient (Wildman–Crippen LogP) is 1.44. The number of morpholine rings is 1. The monoisotopic (exact) mass is 551 g/mol. The van der Waals surface area contributed by atoms with E-state index in [1.807, 2.05) is 36.0 Å². The van der Waals surface area contributed by atoms with Gasteiger partial charge < -0.3 is 14.2 Å². The summed E-state index contributed by atoms with van der Waals surface area (Å²) in [5.74, 6) is 2.12. The molecule has 12 nitrogen and oxygen atoms in total. The van der Waals surface area contributed by atoms with Crippen LogP contribution in [-0.2, 0) is 28.4 Å². The number of hydrogen-bond donors (Lipinski definition) is 0. The van der Waals surface area contributed by atoms with E-state index < -0.39 is 10.0 Å². The average molecular weight is 552 g/mol. The Morgan fingerprint density at radius 2 is 1.74 bits per heavy atom. The Kier molecular flexibility index (Phi) is 6.83. The molecule has 1 aromatic carbocycles. The van der Waals surface area contributed by atoms with Crippen molar-refractivity contribution < 1.29 is 13.2 Å². The molecule has 13 heteroatoms. The summed E-state index contributed by atoms with van der Waals surface area (Å²) in [7, 11) is -1.20. The number of anilines is 1. The number of ether oxygens (including phenoxy) is 1. The molecule has 0 atom stereocenters. The Balaban J connectivity index is 1.35. The number of hydrogen-bond acceptors (Lipinski definition) is 9. The van der Waals surface area contributed by atoms with Crippen molar-refractivity contribution in [1.82, 2.24) is 38.5 Å². The zero-order valence-electron chi connectivity index (χ0n) is 22.5. The molecule has 2 saturated heterocycles. The lowest BCUT2D eigenvalue weighted by Crippen LogP contribution is -2.48. The Bertz CT molecular complexity index is 1600. The van der Waals surface area contributed by atoms with Gasteiger partial charge in [0.2, 0.25) is 10.0 Å². The summed E-state index contributed by atoms with van der Waals surface area (Å²) in [5.41, 5.74) is 4.56. The van der Waals surface area contributed by atoms with Gasteiger partial charge in [-0.05, 0) is 19.1 Å². The van der Waals surface area contributed by atoms with Gasteiger partial charge in [0.05, 0.1) is 31.7 Å². The second-order valence-corrected chi connectivity index (χ2v) is 12.1. The smallest absolute Gasteiger partial charge is 0.254 e. The van der Waals surface area contributed by atoms with Crippen molar-refractivity contribution in [2.75, 3.05) is 63.6 Å². The number of piperazine rings is 1. The van der Waals surface area contributed by atoms with E-state index >= 15 is 0 Å². The normalized spacial score (nSPS) is 17.8. The molecule has 5 heterocycles. The highest BCUT2D eigenvalue weighted by Crippen LogP contribution is 2.27. The summed E-state index contributed by atoms with van der Waals surface area (Å²) in [4.78, 5) is 19.3. The topological polar surface area (TPSA) is 115 Å². The van der Waals surface area contributed by atoms with Crippen LogP contribution in [0.3, 0.4) is 0 Å². The van der Waals surface area contributed by atoms with E-state index in [2.05, 4.69) is 28.9 Å². The quantitative estimate of drug-likeness (QED) is 0.351. The highest BCUT2D eigenvalue weighted by molar-refractivity contribution is 7.88. The maximum Gasteiger partial charge on any atom is 0.254 e. The van der Waals surface area contributed by atoms with Crippen molar-refractivity contribution in [2.24, 2.45) is 7.05 Å². The second-order valence-electron chi connectivity index (χ2n) is 10.2. The molecule has 0 saturated carbocycles. The number of fused-ring (bicyclic) bond motifs is 1. The number of nitrogens with zero attached hydrogens (tertiary/aromatic N) is 9. The van der Waals surface area contributed by atoms with Crippen molar-refractivity contribution in [3.8, 4) is 17.2 Å². The number of benzene rings is 1. The Hall–Kier alpha value is -3.39. The second kappa shape index (κ2) is 10.3. The molecule has 6 rings (SSSR count). The van der Waals surface area contributed by atoms with Crippen molar-refractivity contribution in [3.05, 3.63) is 47.9 Å². The van der Waals surface area contributed by atoms with Gasteiger partial charge >= 0.3 is 0 Å². The van der Waals surface area contributed by atoms with Gasteiger partial charge in [0.15, 0.2) is 17.0 Å². The van der Waals surface area contributed by atoms with Crippen LogP contribution < -0.4 is 4.90 Å². The minimum atomic E-state index is -3.17. The summed E-state index contributed by atoms with van der Waals surface area (Å²) in [6, 6.07) is 10.2. The molecule has 4 aromatic rings. The number of imidazole rings is 1. The molecule has 0 bridgehead atoms. The van der Waals surface area contributed by atoms with E-state index in [4.69, 9.17) is 24.8 Å². The highest BCUT2D eigenvalue weighted by Gasteiger charge is 2.26. The lowest BCUT2D eigenvalue weighted by Gasteiger charge is -2.32. The molecule has 2 fully saturated rings. The Morgan fingerprint density at radius 1 is 0.974 bits per heavy atom. The maximum atomic E-state index is 11.9. The minimum Gasteiger partial charge on any atom is -0.378 e. The SMILES string of the molecule is Cc1cccc(-c2ccn(-c3nc(N4CCOCC4)c4nc(CN5CCN(S(C)(=O)=O)CC5)n(C)c4n3)n2)c1. The zero-order valence-corrected chi connectivity index (χ0v) is 23.3. The van der Waals surface area contributed by atoms with Gasteiger partial charge in [-0.1, -0.05) is 23.8 Å². The number of rotatable bonds is 6. The van der Waals surface area contributed by atoms with Gasteiger partial charge in [-0.25, -0.2) is 18.1 Å². The highest BCUT2D eigenvalue weighted by atomic mass is 32.2. The van der Waals surface area contributed by atoms with E-state index in [-0.39, 0.29) is 0 Å². The summed E-state index contributed by atoms with van der Waals surface area (Å²) < 4.78 is 34.7. The fraction of sp³-hybridized carbons (Fsp3) is 0.462. The minimum absolute atomic E-state index is 0.480. The van der Waals surface area contributed by atoms with Crippen molar-refractivity contribution in [1.29, 1.82) is 0 Å². The first kappa shape index (κ1) is 25.9. The summed E-state index contributed by atoms with van der Waals surface area (Å²) in [5, 5.41) is 4.80. The van der Waals surface area contributed by atoms with Crippen LogP contribution in [0.15, 0.2) is 36.5 Å². The molecule has 206 valence electrons. The van der Waals surface area contributed by atoms with Crippen LogP contribution in [0.25, 0.3) is 28.4 Å². The van der Waals surface area contributed by atoms with Crippen LogP contribution in [0.2, 0.25) is 0 Å². The van der Waals surface area contributed by atoms with Crippen LogP contribution >= 0.6 is 0 Å². The lowest BCUT2D eigenvalue weighted by molar-refractivity contribution is 0.122. The molecular weight excluding hydrogens is 518 g/mol. The lowest BCUT2D eigenvalue weighted by atomic mass is 10.1. The van der Waals surface area contributed by atoms with Gasteiger partial charge in [0, 0.05) is 58.1 Å². The molecule has 0 radical (unpaired) electrons. The molecule has 0 amide bonds. The van der Waals surface area contributed by atoms with E-state index in [1.165, 1.54) is 16.1 Å². The van der Waals surface area contributed by atoms with Gasteiger partial charge in [-0.3, -0.25) is 4.90 Å². The van der Waals surface area contributed by atoms with Crippen molar-refractivity contribution in [2.45, 2.75) is 13.5 Å². The Morgan fingerprint density at radius 3 is 2.46 bits per heavy atom. The largest absolute Gasteiger partial charge is 0.378 e. The fourth-order valence-electron chi connectivity index (χ4n) is 5.13. The number of sulfonamides is 1. The summed E-state index contributed by atoms with van der Waals surface area (Å²) in [6.45, 7) is 7.63. The molecule has 2 aliphatic rings. The molecule has 0 spiro atoms. The molecule has 2 aliphatic heterocycles. The van der Waals surface area contributed by atoms with Crippen LogP contribution in [0.1, 0.15) is 11.4 Å². The zero-order chi connectivity index (χ0) is 27.1. The van der Waals surface area contributed by atoms with Crippen LogP contribution in [-0.4, -0.2) is 106 Å². The average Bonchev–Trinajstić information content (AvgIpc) is 3.54. The van der Waals surface area contributed by atoms with E-state index in [1.54, 1.807) is 4.68 Å². The number of aromatic nitrogens is 6. The standard InChI is InChI=1S/C26H33N9O3S/c1-19-5-4-6-20(17-19)21-7-8-35(30-21)26-28-24-23(25(29-26)33-13-15-38-16-14-33)27-22(31(24)2)18-32-9-11-34(12-10-32)39(3,36)37/h4-8,17H,9-16,18H2,1-3H3. The summed E-state index contributed by atoms with van der Waals surface area (Å²) in [6.07, 6.45) is 3.15. The first-order valence-electron chi connectivity index (χ1n) is 13.1. The first-order chi connectivity index (χ1) is 18.8. The molecule has 0 N–H and O–H groups in total. The molecule has 3 aromatic heterocycles. The van der Waals surface area contributed by atoms with Gasteiger partial charge in [-0.15, -0.1) is 0 Å². The molecular formula is C26H33N9O3S. The first-order valence-corrected chi connectivity index (χ1v) is 15.0. The van der Waals surface area contributed by atoms with Crippen molar-refractivity contribution in [3.63, 3.8) is 0 Å². The molecule has 0 unspecified atom stereocenters.